The molecule has 7 nitrogen and oxygen atoms in total. The zero-order valence-electron chi connectivity index (χ0n) is 19.9. The number of benzene rings is 1. The summed E-state index contributed by atoms with van der Waals surface area (Å²) >= 11 is 0. The minimum Gasteiger partial charge on any atom is -0.403 e. The molecule has 0 aliphatic rings. The lowest BCUT2D eigenvalue weighted by Gasteiger charge is -2.32. The molecule has 0 spiro atoms. The molecule has 34 heavy (non-hydrogen) atoms. The third-order valence-corrected chi connectivity index (χ3v) is 4.34. The quantitative estimate of drug-likeness (QED) is 0.346. The van der Waals surface area contributed by atoms with E-state index in [1.165, 1.54) is 12.3 Å². The summed E-state index contributed by atoms with van der Waals surface area (Å²) in [7, 11) is 0. The predicted molar refractivity (Wildman–Crippen MR) is 122 cm³/mol. The maximum absolute atomic E-state index is 14.2. The highest BCUT2D eigenvalue weighted by atomic mass is 19.4. The lowest BCUT2D eigenvalue weighted by molar-refractivity contribution is -0.275. The highest BCUT2D eigenvalue weighted by molar-refractivity contribution is 5.96. The van der Waals surface area contributed by atoms with Crippen LogP contribution in [0, 0.1) is 18.2 Å². The maximum Gasteiger partial charge on any atom is 0.573 e. The summed E-state index contributed by atoms with van der Waals surface area (Å²) in [5.74, 6) is -2.39. The number of amides is 2. The Hall–Kier alpha value is -3.21. The number of nitrogens with zero attached hydrogens (tertiary/aromatic N) is 1. The average molecular weight is 487 g/mol. The molecule has 0 aliphatic heterocycles. The van der Waals surface area contributed by atoms with Crippen LogP contribution >= 0.6 is 0 Å². The molecule has 11 heteroatoms. The summed E-state index contributed by atoms with van der Waals surface area (Å²) in [5, 5.41) is 8.03. The van der Waals surface area contributed by atoms with E-state index in [1.54, 1.807) is 13.0 Å². The third kappa shape index (κ3) is 8.97. The Bertz CT molecular complexity index is 976. The summed E-state index contributed by atoms with van der Waals surface area (Å²) in [6.07, 6.45) is -3.05. The van der Waals surface area contributed by atoms with E-state index in [0.29, 0.717) is 17.7 Å². The molecule has 3 N–H and O–H groups in total. The summed E-state index contributed by atoms with van der Waals surface area (Å²) in [4.78, 5) is 27.2. The van der Waals surface area contributed by atoms with Crippen molar-refractivity contribution in [1.82, 2.24) is 10.3 Å². The van der Waals surface area contributed by atoms with Crippen LogP contribution in [0.2, 0.25) is 0 Å². The molecule has 1 heterocycles. The van der Waals surface area contributed by atoms with Crippen LogP contribution in [0.4, 0.5) is 29.1 Å². The molecule has 0 saturated heterocycles. The smallest absolute Gasteiger partial charge is 0.403 e. The highest BCUT2D eigenvalue weighted by Gasteiger charge is 2.33. The highest BCUT2D eigenvalue weighted by Crippen LogP contribution is 2.35. The number of pyridine rings is 1. The molecule has 1 aromatic heterocycles. The van der Waals surface area contributed by atoms with Gasteiger partial charge in [0.05, 0.1) is 12.2 Å². The Morgan fingerprint density at radius 2 is 1.82 bits per heavy atom. The van der Waals surface area contributed by atoms with Gasteiger partial charge in [0, 0.05) is 12.2 Å². The molecule has 1 atom stereocenters. The van der Waals surface area contributed by atoms with Gasteiger partial charge in [0.25, 0.3) is 0 Å². The van der Waals surface area contributed by atoms with E-state index in [9.17, 15) is 27.2 Å². The molecule has 0 saturated carbocycles. The van der Waals surface area contributed by atoms with Gasteiger partial charge in [-0.25, -0.2) is 9.37 Å². The molecule has 2 rings (SSSR count). The number of carbonyl (C=O) groups excluding carboxylic acids is 2. The fourth-order valence-electron chi connectivity index (χ4n) is 3.05. The molecule has 1 unspecified atom stereocenters. The molecule has 0 aliphatic carbocycles. The number of aromatic nitrogens is 1. The number of rotatable bonds is 8. The fraction of sp³-hybridized carbons (Fsp3) is 0.435. The van der Waals surface area contributed by atoms with Gasteiger partial charge in [0.15, 0.2) is 17.4 Å². The number of anilines is 2. The SMILES string of the molecule is CC.Cc1cnc(NC=O)c(NC(=O)CNC(c2ccc(OC(F)(F)F)c(F)c2)C(C)(C)C)c1. The van der Waals surface area contributed by atoms with Crippen molar-refractivity contribution in [2.24, 2.45) is 5.41 Å². The van der Waals surface area contributed by atoms with Crippen LogP contribution in [0.3, 0.4) is 0 Å². The number of halogens is 4. The number of ether oxygens (including phenoxy) is 1. The summed E-state index contributed by atoms with van der Waals surface area (Å²) in [6.45, 7) is 11.1. The van der Waals surface area contributed by atoms with Crippen LogP contribution in [0.1, 0.15) is 51.8 Å². The van der Waals surface area contributed by atoms with E-state index >= 15 is 0 Å². The Balaban J connectivity index is 0.00000281. The Morgan fingerprint density at radius 1 is 1.18 bits per heavy atom. The number of aryl methyl sites for hydroxylation is 1. The van der Waals surface area contributed by atoms with Gasteiger partial charge in [0.2, 0.25) is 12.3 Å². The fourth-order valence-corrected chi connectivity index (χ4v) is 3.05. The van der Waals surface area contributed by atoms with E-state index in [1.807, 2.05) is 34.6 Å². The monoisotopic (exact) mass is 486 g/mol. The molecule has 2 aromatic rings. The van der Waals surface area contributed by atoms with Gasteiger partial charge >= 0.3 is 6.36 Å². The van der Waals surface area contributed by atoms with Gasteiger partial charge in [-0.15, -0.1) is 13.2 Å². The van der Waals surface area contributed by atoms with Gasteiger partial charge in [0.1, 0.15) is 0 Å². The first-order valence-electron chi connectivity index (χ1n) is 10.6. The van der Waals surface area contributed by atoms with Crippen molar-refractivity contribution in [3.05, 3.63) is 47.4 Å². The van der Waals surface area contributed by atoms with Gasteiger partial charge in [-0.3, -0.25) is 9.59 Å². The van der Waals surface area contributed by atoms with Gasteiger partial charge in [-0.2, -0.15) is 0 Å². The van der Waals surface area contributed by atoms with Crippen LogP contribution < -0.4 is 20.7 Å². The van der Waals surface area contributed by atoms with E-state index in [2.05, 4.69) is 25.7 Å². The molecule has 188 valence electrons. The van der Waals surface area contributed by atoms with Crippen LogP contribution in [-0.4, -0.2) is 30.2 Å². The molecule has 0 radical (unpaired) electrons. The minimum absolute atomic E-state index is 0.175. The normalized spacial score (nSPS) is 12.2. The summed E-state index contributed by atoms with van der Waals surface area (Å²) in [6, 6.07) is 4.20. The van der Waals surface area contributed by atoms with E-state index in [4.69, 9.17) is 0 Å². The topological polar surface area (TPSA) is 92.4 Å². The lowest BCUT2D eigenvalue weighted by Crippen LogP contribution is -2.37. The van der Waals surface area contributed by atoms with E-state index in [0.717, 1.165) is 17.7 Å². The third-order valence-electron chi connectivity index (χ3n) is 4.34. The predicted octanol–water partition coefficient (Wildman–Crippen LogP) is 5.34. The molecular weight excluding hydrogens is 456 g/mol. The number of carbonyl (C=O) groups is 2. The Morgan fingerprint density at radius 3 is 2.35 bits per heavy atom. The minimum atomic E-state index is -5.01. The van der Waals surface area contributed by atoms with E-state index in [-0.39, 0.29) is 12.4 Å². The number of nitrogens with one attached hydrogen (secondary N) is 3. The Kier molecular flexibility index (Phi) is 10.4. The first-order valence-corrected chi connectivity index (χ1v) is 10.6. The van der Waals surface area contributed by atoms with Crippen LogP contribution in [0.25, 0.3) is 0 Å². The Labute approximate surface area is 196 Å². The second kappa shape index (κ2) is 12.3. The van der Waals surface area contributed by atoms with Gasteiger partial charge in [-0.05, 0) is 41.7 Å². The average Bonchev–Trinajstić information content (AvgIpc) is 2.72. The largest absolute Gasteiger partial charge is 0.573 e. The van der Waals surface area contributed by atoms with Crippen molar-refractivity contribution >= 4 is 23.8 Å². The van der Waals surface area contributed by atoms with E-state index < -0.39 is 35.3 Å². The van der Waals surface area contributed by atoms with Gasteiger partial charge < -0.3 is 20.7 Å². The first kappa shape index (κ1) is 28.8. The lowest BCUT2D eigenvalue weighted by atomic mass is 9.82. The second-order valence-electron chi connectivity index (χ2n) is 8.14. The zero-order chi connectivity index (χ0) is 26.1. The van der Waals surface area contributed by atoms with Crippen LogP contribution in [0.5, 0.6) is 5.75 Å². The van der Waals surface area contributed by atoms with Crippen LogP contribution in [0.15, 0.2) is 30.5 Å². The number of hydrogen-bond donors (Lipinski definition) is 3. The zero-order valence-corrected chi connectivity index (χ0v) is 19.9. The summed E-state index contributed by atoms with van der Waals surface area (Å²) < 4.78 is 55.0. The molecule has 1 aromatic carbocycles. The van der Waals surface area contributed by atoms with Crippen molar-refractivity contribution in [3.63, 3.8) is 0 Å². The second-order valence-corrected chi connectivity index (χ2v) is 8.14. The van der Waals surface area contributed by atoms with Crippen molar-refractivity contribution in [2.45, 2.75) is 53.9 Å². The van der Waals surface area contributed by atoms with Crippen molar-refractivity contribution < 1.29 is 31.9 Å². The van der Waals surface area contributed by atoms with Crippen LogP contribution in [-0.2, 0) is 9.59 Å². The van der Waals surface area contributed by atoms with Crippen molar-refractivity contribution in [2.75, 3.05) is 17.2 Å². The van der Waals surface area contributed by atoms with Gasteiger partial charge in [-0.1, -0.05) is 40.7 Å². The molecule has 0 bridgehead atoms. The van der Waals surface area contributed by atoms with Crippen molar-refractivity contribution in [3.8, 4) is 5.75 Å². The molecule has 0 fully saturated rings. The maximum atomic E-state index is 14.2. The first-order chi connectivity index (χ1) is 15.8. The summed E-state index contributed by atoms with van der Waals surface area (Å²) in [5.41, 5.74) is 0.886. The number of hydrogen-bond acceptors (Lipinski definition) is 5. The number of alkyl halides is 3. The molecule has 2 amide bonds. The molecular formula is C23H30F4N4O3. The van der Waals surface area contributed by atoms with Crippen molar-refractivity contribution in [1.29, 1.82) is 0 Å². The standard InChI is InChI=1S/C21H24F4N4O3.C2H6/c1-12-7-15(19(27-9-12)28-11-30)29-17(31)10-26-18(20(2,3)4)13-5-6-16(14(22)8-13)32-21(23,24)25;1-2/h5-9,11,18,26H,10H2,1-4H3,(H,29,31)(H,27,28,30);1-2H3.